The Morgan fingerprint density at radius 2 is 2.20 bits per heavy atom. The molecular formula is C20H24N2O2S. The summed E-state index contributed by atoms with van der Waals surface area (Å²) in [5.41, 5.74) is 0.996. The molecular weight excluding hydrogens is 332 g/mol. The molecule has 4 nitrogen and oxygen atoms in total. The predicted octanol–water partition coefficient (Wildman–Crippen LogP) is 4.13. The molecule has 25 heavy (non-hydrogen) atoms. The molecule has 2 aromatic rings. The summed E-state index contributed by atoms with van der Waals surface area (Å²) in [6.45, 7) is 2.99. The van der Waals surface area contributed by atoms with Gasteiger partial charge in [0.05, 0.1) is 23.4 Å². The molecule has 1 aliphatic carbocycles. The molecule has 0 spiro atoms. The van der Waals surface area contributed by atoms with Crippen LogP contribution in [0, 0.1) is 18.3 Å². The Labute approximate surface area is 152 Å². The SMILES string of the molecule is C#CCn1c(=NC(=O)CC2CCCCC2)sc2cc(OCC)ccc21. The van der Waals surface area contributed by atoms with Crippen LogP contribution in [0.1, 0.15) is 45.4 Å². The molecule has 132 valence electrons. The molecule has 1 aliphatic rings. The largest absolute Gasteiger partial charge is 0.494 e. The molecule has 0 unspecified atom stereocenters. The van der Waals surface area contributed by atoms with Gasteiger partial charge in [-0.1, -0.05) is 36.5 Å². The first-order chi connectivity index (χ1) is 12.2. The number of thiazole rings is 1. The fourth-order valence-electron chi connectivity index (χ4n) is 3.43. The van der Waals surface area contributed by atoms with Crippen molar-refractivity contribution < 1.29 is 9.53 Å². The van der Waals surface area contributed by atoms with E-state index < -0.39 is 0 Å². The highest BCUT2D eigenvalue weighted by Gasteiger charge is 2.17. The molecule has 3 rings (SSSR count). The fourth-order valence-corrected chi connectivity index (χ4v) is 4.51. The number of hydrogen-bond donors (Lipinski definition) is 0. The van der Waals surface area contributed by atoms with Crippen molar-refractivity contribution in [3.8, 4) is 18.1 Å². The number of terminal acetylenes is 1. The van der Waals surface area contributed by atoms with Crippen molar-refractivity contribution in [3.05, 3.63) is 23.0 Å². The van der Waals surface area contributed by atoms with Gasteiger partial charge in [-0.15, -0.1) is 6.42 Å². The summed E-state index contributed by atoms with van der Waals surface area (Å²) in [7, 11) is 0. The van der Waals surface area contributed by atoms with Gasteiger partial charge in [0.2, 0.25) is 5.91 Å². The van der Waals surface area contributed by atoms with E-state index in [2.05, 4.69) is 10.9 Å². The van der Waals surface area contributed by atoms with Crippen LogP contribution in [0.25, 0.3) is 10.2 Å². The molecule has 1 aromatic heterocycles. The van der Waals surface area contributed by atoms with E-state index in [0.29, 0.717) is 30.3 Å². The lowest BCUT2D eigenvalue weighted by Crippen LogP contribution is -2.18. The van der Waals surface area contributed by atoms with Crippen LogP contribution < -0.4 is 9.54 Å². The Balaban J connectivity index is 1.91. The van der Waals surface area contributed by atoms with Gasteiger partial charge in [0.25, 0.3) is 0 Å². The van der Waals surface area contributed by atoms with E-state index in [1.54, 1.807) is 0 Å². The third-order valence-corrected chi connectivity index (χ3v) is 5.66. The van der Waals surface area contributed by atoms with Crippen LogP contribution in [0.4, 0.5) is 0 Å². The number of amides is 1. The van der Waals surface area contributed by atoms with Gasteiger partial charge in [-0.3, -0.25) is 4.79 Å². The van der Waals surface area contributed by atoms with Gasteiger partial charge < -0.3 is 9.30 Å². The zero-order chi connectivity index (χ0) is 17.6. The molecule has 5 heteroatoms. The van der Waals surface area contributed by atoms with Gasteiger partial charge in [0.1, 0.15) is 5.75 Å². The minimum Gasteiger partial charge on any atom is -0.494 e. The zero-order valence-electron chi connectivity index (χ0n) is 14.7. The van der Waals surface area contributed by atoms with Crippen molar-refractivity contribution in [2.45, 2.75) is 52.0 Å². The number of rotatable bonds is 5. The Morgan fingerprint density at radius 1 is 1.40 bits per heavy atom. The second-order valence-corrected chi connectivity index (χ2v) is 7.46. The molecule has 0 N–H and O–H groups in total. The van der Waals surface area contributed by atoms with Crippen LogP contribution in [-0.2, 0) is 11.3 Å². The monoisotopic (exact) mass is 356 g/mol. The first-order valence-electron chi connectivity index (χ1n) is 8.98. The first-order valence-corrected chi connectivity index (χ1v) is 9.80. The molecule has 1 fully saturated rings. The van der Waals surface area contributed by atoms with Gasteiger partial charge in [-0.05, 0) is 43.9 Å². The lowest BCUT2D eigenvalue weighted by atomic mass is 9.87. The van der Waals surface area contributed by atoms with Crippen molar-refractivity contribution in [2.75, 3.05) is 6.61 Å². The van der Waals surface area contributed by atoms with Crippen LogP contribution in [-0.4, -0.2) is 17.1 Å². The summed E-state index contributed by atoms with van der Waals surface area (Å²) >= 11 is 1.49. The quantitative estimate of drug-likeness (QED) is 0.756. The van der Waals surface area contributed by atoms with E-state index >= 15 is 0 Å². The molecule has 0 aliphatic heterocycles. The number of benzene rings is 1. The highest BCUT2D eigenvalue weighted by atomic mass is 32.1. The second-order valence-electron chi connectivity index (χ2n) is 6.45. The minimum atomic E-state index is -0.0331. The van der Waals surface area contributed by atoms with Crippen molar-refractivity contribution >= 4 is 27.5 Å². The normalized spacial score (nSPS) is 16.1. The summed E-state index contributed by atoms with van der Waals surface area (Å²) in [4.78, 5) is 17.5. The van der Waals surface area contributed by atoms with Gasteiger partial charge in [0.15, 0.2) is 4.80 Å². The minimum absolute atomic E-state index is 0.0331. The second kappa shape index (κ2) is 8.35. The molecule has 1 aromatic carbocycles. The van der Waals surface area contributed by atoms with Crippen LogP contribution in [0.15, 0.2) is 23.2 Å². The maximum Gasteiger partial charge on any atom is 0.248 e. The first kappa shape index (κ1) is 17.8. The number of fused-ring (bicyclic) bond motifs is 1. The van der Waals surface area contributed by atoms with Crippen molar-refractivity contribution in [1.29, 1.82) is 0 Å². The van der Waals surface area contributed by atoms with Crippen molar-refractivity contribution in [3.63, 3.8) is 0 Å². The van der Waals surface area contributed by atoms with E-state index in [4.69, 9.17) is 11.2 Å². The third kappa shape index (κ3) is 4.32. The number of carbonyl (C=O) groups excluding carboxylic acids is 1. The molecule has 0 atom stereocenters. The average Bonchev–Trinajstić information content (AvgIpc) is 2.93. The maximum atomic E-state index is 12.4. The predicted molar refractivity (Wildman–Crippen MR) is 102 cm³/mol. The molecule has 1 saturated carbocycles. The Hall–Kier alpha value is -2.06. The number of aromatic nitrogens is 1. The van der Waals surface area contributed by atoms with Crippen LogP contribution in [0.5, 0.6) is 5.75 Å². The number of hydrogen-bond acceptors (Lipinski definition) is 3. The standard InChI is InChI=1S/C20H24N2O2S/c1-3-12-22-17-11-10-16(24-4-2)14-18(17)25-20(22)21-19(23)13-15-8-6-5-7-9-15/h1,10-11,14-15H,4-9,12-13H2,2H3. The molecule has 1 amide bonds. The summed E-state index contributed by atoms with van der Waals surface area (Å²) in [6, 6.07) is 5.90. The van der Waals surface area contributed by atoms with E-state index in [0.717, 1.165) is 28.8 Å². The van der Waals surface area contributed by atoms with E-state index in [1.807, 2.05) is 29.7 Å². The average molecular weight is 356 g/mol. The topological polar surface area (TPSA) is 43.6 Å². The fraction of sp³-hybridized carbons (Fsp3) is 0.500. The lowest BCUT2D eigenvalue weighted by molar-refractivity contribution is -0.119. The highest BCUT2D eigenvalue weighted by Crippen LogP contribution is 2.27. The number of ether oxygens (including phenoxy) is 1. The number of nitrogens with zero attached hydrogens (tertiary/aromatic N) is 2. The Kier molecular flexibility index (Phi) is 5.93. The third-order valence-electron chi connectivity index (χ3n) is 4.62. The van der Waals surface area contributed by atoms with Gasteiger partial charge in [-0.2, -0.15) is 4.99 Å². The number of carbonyl (C=O) groups is 1. The van der Waals surface area contributed by atoms with E-state index in [9.17, 15) is 4.79 Å². The van der Waals surface area contributed by atoms with Crippen molar-refractivity contribution in [1.82, 2.24) is 4.57 Å². The molecule has 0 saturated heterocycles. The maximum absolute atomic E-state index is 12.4. The van der Waals surface area contributed by atoms with Gasteiger partial charge in [0, 0.05) is 6.42 Å². The summed E-state index contributed by atoms with van der Waals surface area (Å²) in [6.07, 6.45) is 12.1. The van der Waals surface area contributed by atoms with Crippen LogP contribution in [0.2, 0.25) is 0 Å². The molecule has 1 heterocycles. The summed E-state index contributed by atoms with van der Waals surface area (Å²) < 4.78 is 8.54. The van der Waals surface area contributed by atoms with E-state index in [1.165, 1.54) is 30.6 Å². The molecule has 0 bridgehead atoms. The molecule has 0 radical (unpaired) electrons. The summed E-state index contributed by atoms with van der Waals surface area (Å²) in [5, 5.41) is 0. The van der Waals surface area contributed by atoms with Crippen molar-refractivity contribution in [2.24, 2.45) is 10.9 Å². The highest BCUT2D eigenvalue weighted by molar-refractivity contribution is 7.16. The smallest absolute Gasteiger partial charge is 0.248 e. The summed E-state index contributed by atoms with van der Waals surface area (Å²) in [5.74, 6) is 3.95. The lowest BCUT2D eigenvalue weighted by Gasteiger charge is -2.19. The van der Waals surface area contributed by atoms with Crippen LogP contribution in [0.3, 0.4) is 0 Å². The van der Waals surface area contributed by atoms with Crippen LogP contribution >= 0.6 is 11.3 Å². The Bertz CT molecular complexity index is 851. The van der Waals surface area contributed by atoms with Gasteiger partial charge in [-0.25, -0.2) is 0 Å². The van der Waals surface area contributed by atoms with Gasteiger partial charge >= 0.3 is 0 Å². The van der Waals surface area contributed by atoms with E-state index in [-0.39, 0.29) is 5.91 Å². The Morgan fingerprint density at radius 3 is 2.92 bits per heavy atom. The zero-order valence-corrected chi connectivity index (χ0v) is 15.5.